The molecule has 2 aliphatic rings. The maximum Gasteiger partial charge on any atom is 0.191 e. The number of aryl methyl sites for hydroxylation is 1. The van der Waals surface area contributed by atoms with Crippen molar-refractivity contribution in [2.75, 3.05) is 32.1 Å². The number of piperidine rings is 1. The highest BCUT2D eigenvalue weighted by Crippen LogP contribution is 2.50. The minimum absolute atomic E-state index is 0. The van der Waals surface area contributed by atoms with Gasteiger partial charge in [0.05, 0.1) is 19.0 Å². The molecular weight excluding hydrogens is 491 g/mol. The zero-order chi connectivity index (χ0) is 20.4. The lowest BCUT2D eigenvalue weighted by molar-refractivity contribution is 0.404. The first-order chi connectivity index (χ1) is 14.0. The molecule has 3 atom stereocenters. The summed E-state index contributed by atoms with van der Waals surface area (Å²) in [4.78, 5) is 6.89. The summed E-state index contributed by atoms with van der Waals surface area (Å²) in [6, 6.07) is 9.03. The average molecular weight is 524 g/mol. The van der Waals surface area contributed by atoms with Crippen LogP contribution in [0.4, 0.5) is 5.69 Å². The zero-order valence-corrected chi connectivity index (χ0v) is 20.6. The van der Waals surface area contributed by atoms with Crippen LogP contribution in [0, 0.1) is 0 Å². The molecule has 1 aliphatic carbocycles. The van der Waals surface area contributed by atoms with Gasteiger partial charge in [0.1, 0.15) is 5.75 Å². The van der Waals surface area contributed by atoms with Gasteiger partial charge < -0.3 is 20.3 Å². The first-order valence-electron chi connectivity index (χ1n) is 10.4. The van der Waals surface area contributed by atoms with Crippen molar-refractivity contribution in [1.82, 2.24) is 20.4 Å². The molecule has 2 fully saturated rings. The number of aliphatic imine (C=N–C) groups is 1. The van der Waals surface area contributed by atoms with Crippen LogP contribution >= 0.6 is 24.0 Å². The molecule has 164 valence electrons. The van der Waals surface area contributed by atoms with Crippen molar-refractivity contribution in [3.63, 3.8) is 0 Å². The number of para-hydroxylation sites is 1. The van der Waals surface area contributed by atoms with Crippen LogP contribution in [0.3, 0.4) is 0 Å². The second-order valence-electron chi connectivity index (χ2n) is 8.39. The van der Waals surface area contributed by atoms with Crippen LogP contribution in [-0.4, -0.2) is 55.1 Å². The number of halogens is 1. The van der Waals surface area contributed by atoms with Gasteiger partial charge in [0.15, 0.2) is 5.96 Å². The smallest absolute Gasteiger partial charge is 0.191 e. The van der Waals surface area contributed by atoms with Gasteiger partial charge in [-0.2, -0.15) is 5.10 Å². The minimum atomic E-state index is 0. The summed E-state index contributed by atoms with van der Waals surface area (Å²) in [6.07, 6.45) is 7.40. The summed E-state index contributed by atoms with van der Waals surface area (Å²) in [7, 11) is 5.55. The van der Waals surface area contributed by atoms with E-state index in [1.165, 1.54) is 11.3 Å². The largest absolute Gasteiger partial charge is 0.496 e. The molecule has 0 bridgehead atoms. The number of hydrogen-bond donors (Lipinski definition) is 2. The number of anilines is 1. The quantitative estimate of drug-likeness (QED) is 0.358. The fourth-order valence-electron chi connectivity index (χ4n) is 4.42. The van der Waals surface area contributed by atoms with Gasteiger partial charge in [-0.25, -0.2) is 0 Å². The molecule has 1 aliphatic heterocycles. The second kappa shape index (κ2) is 9.45. The number of benzene rings is 1. The lowest BCUT2D eigenvalue weighted by atomic mass is 9.96. The summed E-state index contributed by atoms with van der Waals surface area (Å²) < 4.78 is 7.44. The molecule has 2 N–H and O–H groups in total. The van der Waals surface area contributed by atoms with Gasteiger partial charge in [0.25, 0.3) is 0 Å². The summed E-state index contributed by atoms with van der Waals surface area (Å²) in [5, 5.41) is 11.6. The average Bonchev–Trinajstić information content (AvgIpc) is 3.18. The Bertz CT molecular complexity index is 884. The van der Waals surface area contributed by atoms with Gasteiger partial charge >= 0.3 is 0 Å². The van der Waals surface area contributed by atoms with Crippen LogP contribution in [0.1, 0.15) is 31.7 Å². The molecule has 30 heavy (non-hydrogen) atoms. The van der Waals surface area contributed by atoms with E-state index < -0.39 is 0 Å². The molecule has 2 aromatic rings. The van der Waals surface area contributed by atoms with Crippen LogP contribution < -0.4 is 20.3 Å². The molecule has 7 nitrogen and oxygen atoms in total. The molecule has 1 saturated heterocycles. The predicted molar refractivity (Wildman–Crippen MR) is 132 cm³/mol. The minimum Gasteiger partial charge on any atom is -0.496 e. The number of rotatable bonds is 5. The van der Waals surface area contributed by atoms with Crippen molar-refractivity contribution in [3.8, 4) is 5.75 Å². The van der Waals surface area contributed by atoms with Crippen molar-refractivity contribution in [3.05, 3.63) is 42.2 Å². The summed E-state index contributed by atoms with van der Waals surface area (Å²) in [5.41, 5.74) is 2.52. The number of hydrogen-bond acceptors (Lipinski definition) is 4. The van der Waals surface area contributed by atoms with Crippen molar-refractivity contribution in [1.29, 1.82) is 0 Å². The molecule has 1 aromatic carbocycles. The number of nitrogens with zero attached hydrogens (tertiary/aromatic N) is 4. The number of ether oxygens (including phenoxy) is 1. The van der Waals surface area contributed by atoms with Gasteiger partial charge in [0, 0.05) is 56.4 Å². The first kappa shape index (κ1) is 22.7. The number of nitrogens with one attached hydrogen (secondary N) is 2. The molecular formula is C22H33IN6O. The molecule has 0 radical (unpaired) electrons. The lowest BCUT2D eigenvalue weighted by Crippen LogP contribution is -2.52. The molecule has 1 aromatic heterocycles. The van der Waals surface area contributed by atoms with Gasteiger partial charge in [-0.05, 0) is 25.3 Å². The van der Waals surface area contributed by atoms with E-state index in [0.29, 0.717) is 12.1 Å². The zero-order valence-electron chi connectivity index (χ0n) is 18.3. The molecule has 4 rings (SSSR count). The van der Waals surface area contributed by atoms with Crippen LogP contribution in [0.25, 0.3) is 0 Å². The molecule has 0 amide bonds. The second-order valence-corrected chi connectivity index (χ2v) is 8.39. The van der Waals surface area contributed by atoms with Crippen molar-refractivity contribution in [2.45, 2.75) is 43.7 Å². The Hall–Kier alpha value is -1.97. The first-order valence-corrected chi connectivity index (χ1v) is 10.4. The Morgan fingerprint density at radius 2 is 2.10 bits per heavy atom. The summed E-state index contributed by atoms with van der Waals surface area (Å²) in [5.74, 6) is 1.84. The maximum atomic E-state index is 5.58. The molecule has 3 unspecified atom stereocenters. The SMILES string of the molecule is CN=C(NC1CCCN(c2cnn(C)c2)C1)NC1CC1(C)c1ccccc1OC.I. The number of aromatic nitrogens is 2. The normalized spacial score (nSPS) is 26.0. The highest BCUT2D eigenvalue weighted by atomic mass is 127. The maximum absolute atomic E-state index is 5.58. The van der Waals surface area contributed by atoms with Crippen LogP contribution in [0.15, 0.2) is 41.7 Å². The van der Waals surface area contributed by atoms with Gasteiger partial charge in [0.2, 0.25) is 0 Å². The molecule has 8 heteroatoms. The van der Waals surface area contributed by atoms with Crippen molar-refractivity contribution >= 4 is 35.6 Å². The van der Waals surface area contributed by atoms with E-state index in [2.05, 4.69) is 50.9 Å². The topological polar surface area (TPSA) is 66.7 Å². The Morgan fingerprint density at radius 1 is 1.30 bits per heavy atom. The van der Waals surface area contributed by atoms with E-state index in [9.17, 15) is 0 Å². The van der Waals surface area contributed by atoms with Gasteiger partial charge in [-0.15, -0.1) is 24.0 Å². The fourth-order valence-corrected chi connectivity index (χ4v) is 4.42. The fraction of sp³-hybridized carbons (Fsp3) is 0.545. The third-order valence-electron chi connectivity index (χ3n) is 6.31. The van der Waals surface area contributed by atoms with E-state index in [-0.39, 0.29) is 29.4 Å². The van der Waals surface area contributed by atoms with E-state index in [1.54, 1.807) is 7.11 Å². The number of guanidine groups is 1. The Balaban J connectivity index is 0.00000256. The van der Waals surface area contributed by atoms with E-state index in [0.717, 1.165) is 44.1 Å². The Kier molecular flexibility index (Phi) is 7.15. The van der Waals surface area contributed by atoms with Crippen LogP contribution in [-0.2, 0) is 12.5 Å². The van der Waals surface area contributed by atoms with Crippen molar-refractivity contribution in [2.24, 2.45) is 12.0 Å². The Morgan fingerprint density at radius 3 is 2.80 bits per heavy atom. The van der Waals surface area contributed by atoms with Crippen LogP contribution in [0.5, 0.6) is 5.75 Å². The summed E-state index contributed by atoms with van der Waals surface area (Å²) in [6.45, 7) is 4.33. The molecule has 0 spiro atoms. The van der Waals surface area contributed by atoms with E-state index in [1.807, 2.05) is 37.1 Å². The molecule has 1 saturated carbocycles. The highest BCUT2D eigenvalue weighted by Gasteiger charge is 2.53. The standard InChI is InChI=1S/C22H32N6O.HI/c1-22(18-9-5-6-10-19(18)29-4)12-20(22)26-21(23-2)25-16-8-7-11-28(14-16)17-13-24-27(3)15-17;/h5-6,9-10,13,15-16,20H,7-8,11-12,14H2,1-4H3,(H2,23,25,26);1H. The monoisotopic (exact) mass is 524 g/mol. The van der Waals surface area contributed by atoms with Crippen molar-refractivity contribution < 1.29 is 4.74 Å². The van der Waals surface area contributed by atoms with Crippen LogP contribution in [0.2, 0.25) is 0 Å². The third kappa shape index (κ3) is 4.68. The highest BCUT2D eigenvalue weighted by molar-refractivity contribution is 14.0. The molecule has 2 heterocycles. The van der Waals surface area contributed by atoms with Gasteiger partial charge in [-0.1, -0.05) is 25.1 Å². The summed E-state index contributed by atoms with van der Waals surface area (Å²) >= 11 is 0. The lowest BCUT2D eigenvalue weighted by Gasteiger charge is -2.34. The third-order valence-corrected chi connectivity index (χ3v) is 6.31. The number of methoxy groups -OCH3 is 1. The van der Waals surface area contributed by atoms with E-state index >= 15 is 0 Å². The Labute approximate surface area is 196 Å². The van der Waals surface area contributed by atoms with Gasteiger partial charge in [-0.3, -0.25) is 9.67 Å². The predicted octanol–water partition coefficient (Wildman–Crippen LogP) is 2.91. The van der Waals surface area contributed by atoms with E-state index in [4.69, 9.17) is 4.74 Å².